The number of rotatable bonds is 0. The fourth-order valence-electron chi connectivity index (χ4n) is 0.385. The molecule has 0 aliphatic carbocycles. The SMILES string of the molecule is CC.CC.[CH2-]C.[CH2-]CC.[U+2].c1ccccc1. The van der Waals surface area contributed by atoms with Crippen molar-refractivity contribution in [1.29, 1.82) is 0 Å². The van der Waals surface area contributed by atoms with Crippen LogP contribution in [0.25, 0.3) is 0 Å². The topological polar surface area (TPSA) is 0 Å². The molecule has 0 radical (unpaired) electrons. The number of hydrogen-bond donors (Lipinski definition) is 0. The summed E-state index contributed by atoms with van der Waals surface area (Å²) in [5.41, 5.74) is 0. The minimum atomic E-state index is 0. The third-order valence-electron chi connectivity index (χ3n) is 0.667. The minimum Gasteiger partial charge on any atom is -0.346 e. The molecule has 0 aromatic heterocycles. The third kappa shape index (κ3) is 63.9. The molecule has 0 saturated heterocycles. The molecule has 0 aliphatic rings. The van der Waals surface area contributed by atoms with E-state index in [9.17, 15) is 0 Å². The summed E-state index contributed by atoms with van der Waals surface area (Å²) >= 11 is 0. The first-order chi connectivity index (χ1) is 7.41. The number of hydrogen-bond acceptors (Lipinski definition) is 0. The van der Waals surface area contributed by atoms with Gasteiger partial charge in [-0.25, -0.2) is 0 Å². The largest absolute Gasteiger partial charge is 2.00 e. The van der Waals surface area contributed by atoms with E-state index in [1.54, 1.807) is 6.92 Å². The quantitative estimate of drug-likeness (QED) is 0.440. The Labute approximate surface area is 129 Å². The van der Waals surface area contributed by atoms with Crippen LogP contribution in [0, 0.1) is 45.0 Å². The number of benzene rings is 1. The van der Waals surface area contributed by atoms with E-state index >= 15 is 0 Å². The van der Waals surface area contributed by atoms with Gasteiger partial charge in [-0.15, -0.1) is 0 Å². The van der Waals surface area contributed by atoms with Crippen LogP contribution in [0.15, 0.2) is 36.4 Å². The molecule has 0 bridgehead atoms. The second-order valence-corrected chi connectivity index (χ2v) is 1.65. The van der Waals surface area contributed by atoms with Crippen LogP contribution in [-0.4, -0.2) is 0 Å². The van der Waals surface area contributed by atoms with Gasteiger partial charge in [0.15, 0.2) is 0 Å². The fraction of sp³-hybridized carbons (Fsp3) is 0.467. The van der Waals surface area contributed by atoms with Gasteiger partial charge in [0.05, 0.1) is 0 Å². The zero-order valence-electron chi connectivity index (χ0n) is 12.1. The van der Waals surface area contributed by atoms with Crippen molar-refractivity contribution in [3.63, 3.8) is 0 Å². The van der Waals surface area contributed by atoms with Gasteiger partial charge in [0.1, 0.15) is 0 Å². The van der Waals surface area contributed by atoms with Crippen LogP contribution in [0.2, 0.25) is 0 Å². The predicted molar refractivity (Wildman–Crippen MR) is 75.8 cm³/mol. The minimum absolute atomic E-state index is 0. The summed E-state index contributed by atoms with van der Waals surface area (Å²) in [6.45, 7) is 18.5. The molecular weight excluding hydrogens is 418 g/mol. The first-order valence-electron chi connectivity index (χ1n) is 5.91. The molecule has 1 rings (SSSR count). The molecule has 0 fully saturated rings. The normalized spacial score (nSPS) is 5.25. The summed E-state index contributed by atoms with van der Waals surface area (Å²) < 4.78 is 0. The fourth-order valence-corrected chi connectivity index (χ4v) is 0.385. The smallest absolute Gasteiger partial charge is 0.346 e. The summed E-state index contributed by atoms with van der Waals surface area (Å²) in [6, 6.07) is 12.0. The molecule has 0 saturated carbocycles. The van der Waals surface area contributed by atoms with Crippen molar-refractivity contribution < 1.29 is 31.1 Å². The standard InChI is InChI=1S/C6H6.C3H7.2C2H6.C2H5.U/c1-2-4-6-5-3-1;1-3-2;3*1-2;/h1-6H;1,3H2,2H3;2*1-2H3;1H2,2H3;/q;-1;;;-1;+2. The van der Waals surface area contributed by atoms with Crippen molar-refractivity contribution in [1.82, 2.24) is 0 Å². The average Bonchev–Trinajstić information content (AvgIpc) is 2.40. The monoisotopic (exact) mass is 448 g/mol. The van der Waals surface area contributed by atoms with Crippen molar-refractivity contribution >= 4 is 0 Å². The maximum atomic E-state index is 3.49. The zero-order chi connectivity index (χ0) is 12.9. The van der Waals surface area contributed by atoms with Gasteiger partial charge >= 0.3 is 31.1 Å². The maximum Gasteiger partial charge on any atom is 2.00 e. The van der Waals surface area contributed by atoms with Crippen LogP contribution in [0.1, 0.15) is 48.0 Å². The second kappa shape index (κ2) is 58.8. The van der Waals surface area contributed by atoms with Crippen molar-refractivity contribution in [2.75, 3.05) is 0 Å². The van der Waals surface area contributed by atoms with Gasteiger partial charge in [-0.3, -0.25) is 0 Å². The van der Waals surface area contributed by atoms with E-state index in [1.165, 1.54) is 0 Å². The molecule has 0 amide bonds. The molecule has 0 spiro atoms. The van der Waals surface area contributed by atoms with Crippen LogP contribution in [0.3, 0.4) is 0 Å². The Morgan fingerprint density at radius 1 is 0.688 bits per heavy atom. The van der Waals surface area contributed by atoms with Gasteiger partial charge in [-0.2, -0.15) is 13.3 Å². The van der Waals surface area contributed by atoms with Crippen LogP contribution >= 0.6 is 0 Å². The maximum absolute atomic E-state index is 3.49. The Hall–Kier alpha value is 0.272. The van der Waals surface area contributed by atoms with Gasteiger partial charge in [0, 0.05) is 0 Å². The Kier molecular flexibility index (Phi) is 110. The molecular formula is C15H30U. The summed E-state index contributed by atoms with van der Waals surface area (Å²) in [5.74, 6) is 0. The average molecular weight is 448 g/mol. The Morgan fingerprint density at radius 3 is 0.812 bits per heavy atom. The Balaban J connectivity index is -0.0000000355. The first kappa shape index (κ1) is 29.9. The van der Waals surface area contributed by atoms with Crippen molar-refractivity contribution in [2.24, 2.45) is 0 Å². The van der Waals surface area contributed by atoms with E-state index in [0.717, 1.165) is 6.42 Å². The van der Waals surface area contributed by atoms with Crippen molar-refractivity contribution in [2.45, 2.75) is 48.0 Å². The Bertz CT molecular complexity index is 88.3. The summed E-state index contributed by atoms with van der Waals surface area (Å²) in [5, 5.41) is 0. The molecule has 94 valence electrons. The molecule has 1 heteroatoms. The molecule has 1 aromatic carbocycles. The second-order valence-electron chi connectivity index (χ2n) is 1.65. The first-order valence-corrected chi connectivity index (χ1v) is 5.91. The van der Waals surface area contributed by atoms with E-state index in [1.807, 2.05) is 71.0 Å². The van der Waals surface area contributed by atoms with Crippen LogP contribution in [0.4, 0.5) is 0 Å². The zero-order valence-corrected chi connectivity index (χ0v) is 16.2. The van der Waals surface area contributed by atoms with Crippen molar-refractivity contribution in [3.8, 4) is 0 Å². The molecule has 0 nitrogen and oxygen atoms in total. The van der Waals surface area contributed by atoms with Gasteiger partial charge in [-0.05, 0) is 0 Å². The van der Waals surface area contributed by atoms with Gasteiger partial charge < -0.3 is 13.8 Å². The van der Waals surface area contributed by atoms with E-state index in [4.69, 9.17) is 0 Å². The summed E-state index contributed by atoms with van der Waals surface area (Å²) in [6.07, 6.45) is 1.00. The van der Waals surface area contributed by atoms with Gasteiger partial charge in [0.2, 0.25) is 0 Å². The molecule has 0 aliphatic heterocycles. The molecule has 16 heavy (non-hydrogen) atoms. The van der Waals surface area contributed by atoms with E-state index in [2.05, 4.69) is 13.8 Å². The predicted octanol–water partition coefficient (Wildman–Crippen LogP) is 5.81. The Morgan fingerprint density at radius 2 is 0.750 bits per heavy atom. The summed E-state index contributed by atoms with van der Waals surface area (Å²) in [7, 11) is 0. The third-order valence-corrected chi connectivity index (χ3v) is 0.667. The summed E-state index contributed by atoms with van der Waals surface area (Å²) in [4.78, 5) is 0. The van der Waals surface area contributed by atoms with Crippen LogP contribution < -0.4 is 0 Å². The van der Waals surface area contributed by atoms with Crippen LogP contribution in [0.5, 0.6) is 0 Å². The molecule has 0 N–H and O–H groups in total. The van der Waals surface area contributed by atoms with Crippen molar-refractivity contribution in [3.05, 3.63) is 50.2 Å². The molecule has 0 heterocycles. The van der Waals surface area contributed by atoms with Gasteiger partial charge in [0.25, 0.3) is 0 Å². The van der Waals surface area contributed by atoms with E-state index < -0.39 is 0 Å². The molecule has 0 atom stereocenters. The molecule has 0 unspecified atom stereocenters. The van der Waals surface area contributed by atoms with Gasteiger partial charge in [-0.1, -0.05) is 71.0 Å². The molecule has 1 aromatic rings. The van der Waals surface area contributed by atoms with E-state index in [0.29, 0.717) is 0 Å². The van der Waals surface area contributed by atoms with Crippen LogP contribution in [-0.2, 0) is 0 Å². The van der Waals surface area contributed by atoms with E-state index in [-0.39, 0.29) is 31.1 Å².